The fourth-order valence-corrected chi connectivity index (χ4v) is 4.07. The lowest BCUT2D eigenvalue weighted by Gasteiger charge is -2.40. The molecular formula is C19H25BrFN3O3. The van der Waals surface area contributed by atoms with Gasteiger partial charge < -0.3 is 20.7 Å². The van der Waals surface area contributed by atoms with E-state index in [2.05, 4.69) is 21.2 Å². The van der Waals surface area contributed by atoms with Crippen molar-refractivity contribution < 1.29 is 18.7 Å². The first-order valence-electron chi connectivity index (χ1n) is 9.07. The van der Waals surface area contributed by atoms with Gasteiger partial charge in [-0.05, 0) is 58.6 Å². The van der Waals surface area contributed by atoms with E-state index in [1.165, 1.54) is 12.1 Å². The number of hydrogen-bond donors (Lipinski definition) is 2. The van der Waals surface area contributed by atoms with Crippen LogP contribution in [0.5, 0.6) is 0 Å². The number of ether oxygens (including phenoxy) is 1. The highest BCUT2D eigenvalue weighted by Gasteiger charge is 2.54. The van der Waals surface area contributed by atoms with Gasteiger partial charge in [0, 0.05) is 28.3 Å². The largest absolute Gasteiger partial charge is 0.444 e. The Bertz CT molecular complexity index is 751. The summed E-state index contributed by atoms with van der Waals surface area (Å²) in [6, 6.07) is 2.59. The Balaban J connectivity index is 1.67. The third-order valence-corrected chi connectivity index (χ3v) is 5.45. The number of rotatable bonds is 2. The number of halogens is 2. The molecule has 1 aliphatic heterocycles. The molecule has 3 N–H and O–H groups in total. The second kappa shape index (κ2) is 6.96. The molecule has 1 aromatic rings. The van der Waals surface area contributed by atoms with Gasteiger partial charge in [0.15, 0.2) is 0 Å². The standard InChI is InChI=1S/C19H25BrFN3O3/c1-18(2,3)27-17(26)24-7-4-12(10-19(24)5-6-19)23-16(25)15-13(21)8-11(20)9-14(15)22/h8-9,12H,4-7,10,22H2,1-3H3,(H,23,25). The average Bonchev–Trinajstić information content (AvgIpc) is 3.23. The molecule has 3 rings (SSSR count). The van der Waals surface area contributed by atoms with E-state index in [0.29, 0.717) is 23.9 Å². The fourth-order valence-electron chi connectivity index (χ4n) is 3.63. The third kappa shape index (κ3) is 4.36. The molecule has 27 heavy (non-hydrogen) atoms. The van der Waals surface area contributed by atoms with Crippen LogP contribution < -0.4 is 11.1 Å². The molecule has 0 bridgehead atoms. The number of benzene rings is 1. The predicted octanol–water partition coefficient (Wildman–Crippen LogP) is 3.83. The molecule has 2 amide bonds. The molecule has 1 unspecified atom stereocenters. The van der Waals surface area contributed by atoms with Crippen molar-refractivity contribution in [2.24, 2.45) is 0 Å². The summed E-state index contributed by atoms with van der Waals surface area (Å²) in [6.45, 7) is 6.02. The monoisotopic (exact) mass is 441 g/mol. The number of nitrogens with two attached hydrogens (primary N) is 1. The lowest BCUT2D eigenvalue weighted by molar-refractivity contribution is 0.00284. The van der Waals surface area contributed by atoms with Gasteiger partial charge >= 0.3 is 6.09 Å². The van der Waals surface area contributed by atoms with Gasteiger partial charge in [-0.1, -0.05) is 15.9 Å². The molecule has 1 spiro atoms. The molecule has 2 aliphatic rings. The van der Waals surface area contributed by atoms with Crippen molar-refractivity contribution in [3.63, 3.8) is 0 Å². The quantitative estimate of drug-likeness (QED) is 0.682. The minimum Gasteiger partial charge on any atom is -0.444 e. The van der Waals surface area contributed by atoms with E-state index in [0.717, 1.165) is 12.8 Å². The smallest absolute Gasteiger partial charge is 0.410 e. The molecule has 8 heteroatoms. The van der Waals surface area contributed by atoms with Crippen molar-refractivity contribution in [1.29, 1.82) is 0 Å². The maximum Gasteiger partial charge on any atom is 0.410 e. The molecule has 1 saturated heterocycles. The Labute approximate surface area is 166 Å². The van der Waals surface area contributed by atoms with Crippen LogP contribution in [-0.2, 0) is 4.74 Å². The molecule has 1 aromatic carbocycles. The summed E-state index contributed by atoms with van der Waals surface area (Å²) < 4.78 is 20.2. The molecule has 148 valence electrons. The summed E-state index contributed by atoms with van der Waals surface area (Å²) in [4.78, 5) is 26.8. The van der Waals surface area contributed by atoms with Crippen molar-refractivity contribution in [3.8, 4) is 0 Å². The fraction of sp³-hybridized carbons (Fsp3) is 0.579. The van der Waals surface area contributed by atoms with Gasteiger partial charge in [0.25, 0.3) is 5.91 Å². The van der Waals surface area contributed by atoms with Gasteiger partial charge in [0.2, 0.25) is 0 Å². The zero-order valence-electron chi connectivity index (χ0n) is 15.8. The van der Waals surface area contributed by atoms with E-state index < -0.39 is 17.3 Å². The predicted molar refractivity (Wildman–Crippen MR) is 104 cm³/mol. The summed E-state index contributed by atoms with van der Waals surface area (Å²) in [7, 11) is 0. The molecule has 0 radical (unpaired) electrons. The van der Waals surface area contributed by atoms with Gasteiger partial charge in [-0.15, -0.1) is 0 Å². The summed E-state index contributed by atoms with van der Waals surface area (Å²) in [5.74, 6) is -1.18. The highest BCUT2D eigenvalue weighted by atomic mass is 79.9. The Morgan fingerprint density at radius 1 is 1.37 bits per heavy atom. The maximum atomic E-state index is 14.2. The minimum absolute atomic E-state index is 0.0895. The van der Waals surface area contributed by atoms with E-state index in [-0.39, 0.29) is 28.9 Å². The number of nitrogens with one attached hydrogen (secondary N) is 1. The number of anilines is 1. The first kappa shape index (κ1) is 19.9. The lowest BCUT2D eigenvalue weighted by Crippen LogP contribution is -2.54. The van der Waals surface area contributed by atoms with Crippen molar-refractivity contribution >= 4 is 33.6 Å². The van der Waals surface area contributed by atoms with Crippen LogP contribution in [0.4, 0.5) is 14.9 Å². The zero-order valence-corrected chi connectivity index (χ0v) is 17.4. The number of nitrogens with zero attached hydrogens (tertiary/aromatic N) is 1. The Hall–Kier alpha value is -1.83. The molecule has 1 aliphatic carbocycles. The SMILES string of the molecule is CC(C)(C)OC(=O)N1CCC(NC(=O)c2c(N)cc(Br)cc2F)CC12CC2. The number of likely N-dealkylation sites (tertiary alicyclic amines) is 1. The van der Waals surface area contributed by atoms with Gasteiger partial charge in [-0.3, -0.25) is 4.79 Å². The normalized spacial score (nSPS) is 21.1. The molecule has 6 nitrogen and oxygen atoms in total. The van der Waals surface area contributed by atoms with E-state index in [9.17, 15) is 14.0 Å². The number of carbonyl (C=O) groups is 2. The number of amides is 2. The molecular weight excluding hydrogens is 417 g/mol. The number of piperidine rings is 1. The molecule has 0 aromatic heterocycles. The van der Waals surface area contributed by atoms with Crippen LogP contribution in [0.15, 0.2) is 16.6 Å². The van der Waals surface area contributed by atoms with Crippen LogP contribution in [0.25, 0.3) is 0 Å². The van der Waals surface area contributed by atoms with Crippen LogP contribution in [0.1, 0.15) is 56.8 Å². The summed E-state index contributed by atoms with van der Waals surface area (Å²) >= 11 is 3.16. The molecule has 1 heterocycles. The van der Waals surface area contributed by atoms with Crippen LogP contribution in [-0.4, -0.2) is 40.6 Å². The number of carbonyl (C=O) groups excluding carboxylic acids is 2. The second-order valence-corrected chi connectivity index (χ2v) is 9.29. The highest BCUT2D eigenvalue weighted by Crippen LogP contribution is 2.48. The number of hydrogen-bond acceptors (Lipinski definition) is 4. The topological polar surface area (TPSA) is 84.7 Å². The van der Waals surface area contributed by atoms with Gasteiger partial charge in [0.05, 0.1) is 5.56 Å². The Morgan fingerprint density at radius 3 is 2.59 bits per heavy atom. The third-order valence-electron chi connectivity index (χ3n) is 4.99. The maximum absolute atomic E-state index is 14.2. The van der Waals surface area contributed by atoms with E-state index in [4.69, 9.17) is 10.5 Å². The first-order chi connectivity index (χ1) is 12.5. The summed E-state index contributed by atoms with van der Waals surface area (Å²) in [5.41, 5.74) is 4.95. The van der Waals surface area contributed by atoms with E-state index in [1.807, 2.05) is 20.8 Å². The van der Waals surface area contributed by atoms with Crippen molar-refractivity contribution in [3.05, 3.63) is 28.0 Å². The molecule has 1 atom stereocenters. The van der Waals surface area contributed by atoms with E-state index in [1.54, 1.807) is 4.90 Å². The van der Waals surface area contributed by atoms with Crippen LogP contribution in [0.2, 0.25) is 0 Å². The van der Waals surface area contributed by atoms with Crippen LogP contribution >= 0.6 is 15.9 Å². The summed E-state index contributed by atoms with van der Waals surface area (Å²) in [6.07, 6.45) is 2.68. The van der Waals surface area contributed by atoms with Crippen LogP contribution in [0, 0.1) is 5.82 Å². The zero-order chi connectivity index (χ0) is 20.0. The first-order valence-corrected chi connectivity index (χ1v) is 9.86. The lowest BCUT2D eigenvalue weighted by atomic mass is 9.95. The summed E-state index contributed by atoms with van der Waals surface area (Å²) in [5, 5.41) is 2.89. The Kier molecular flexibility index (Phi) is 5.14. The van der Waals surface area contributed by atoms with Crippen molar-refractivity contribution in [2.45, 2.75) is 63.6 Å². The minimum atomic E-state index is -0.660. The molecule has 2 fully saturated rings. The van der Waals surface area contributed by atoms with Gasteiger partial charge in [0.1, 0.15) is 11.4 Å². The Morgan fingerprint density at radius 2 is 2.04 bits per heavy atom. The van der Waals surface area contributed by atoms with Gasteiger partial charge in [-0.25, -0.2) is 9.18 Å². The van der Waals surface area contributed by atoms with Gasteiger partial charge in [-0.2, -0.15) is 0 Å². The second-order valence-electron chi connectivity index (χ2n) is 8.37. The average molecular weight is 442 g/mol. The van der Waals surface area contributed by atoms with Crippen molar-refractivity contribution in [1.82, 2.24) is 10.2 Å². The van der Waals surface area contributed by atoms with Crippen LogP contribution in [0.3, 0.4) is 0 Å². The molecule has 1 saturated carbocycles. The number of nitrogen functional groups attached to an aromatic ring is 1. The van der Waals surface area contributed by atoms with Crippen molar-refractivity contribution in [2.75, 3.05) is 12.3 Å². The highest BCUT2D eigenvalue weighted by molar-refractivity contribution is 9.10. The van der Waals surface area contributed by atoms with E-state index >= 15 is 0 Å².